The summed E-state index contributed by atoms with van der Waals surface area (Å²) in [5, 5.41) is 7.72. The summed E-state index contributed by atoms with van der Waals surface area (Å²) < 4.78 is 1.84. The number of nitrogens with two attached hydrogens (primary N) is 1. The van der Waals surface area contributed by atoms with Crippen LogP contribution >= 0.6 is 0 Å². The number of hydrogen-bond acceptors (Lipinski definition) is 4. The Kier molecular flexibility index (Phi) is 3.27. The van der Waals surface area contributed by atoms with Crippen molar-refractivity contribution in [2.75, 3.05) is 11.1 Å². The van der Waals surface area contributed by atoms with Gasteiger partial charge in [0, 0.05) is 43.3 Å². The standard InChI is InChI=1S/C12H17N5/c1-3-11-9(8-17(2)16-11)7-15-10-4-5-14-12(13)6-10/h4-6,8H,3,7H2,1-2H3,(H3,13,14,15). The van der Waals surface area contributed by atoms with Gasteiger partial charge in [-0.25, -0.2) is 4.98 Å². The van der Waals surface area contributed by atoms with Crippen molar-refractivity contribution >= 4 is 11.5 Å². The number of nitrogens with one attached hydrogen (secondary N) is 1. The molecule has 2 aromatic heterocycles. The van der Waals surface area contributed by atoms with Crippen molar-refractivity contribution < 1.29 is 0 Å². The maximum absolute atomic E-state index is 5.62. The van der Waals surface area contributed by atoms with E-state index in [1.54, 1.807) is 6.20 Å². The Balaban J connectivity index is 2.06. The lowest BCUT2D eigenvalue weighted by atomic mass is 10.2. The molecule has 0 unspecified atom stereocenters. The Morgan fingerprint density at radius 1 is 1.47 bits per heavy atom. The normalized spacial score (nSPS) is 10.5. The summed E-state index contributed by atoms with van der Waals surface area (Å²) in [4.78, 5) is 3.95. The third-order valence-corrected chi connectivity index (χ3v) is 2.59. The van der Waals surface area contributed by atoms with Gasteiger partial charge >= 0.3 is 0 Å². The summed E-state index contributed by atoms with van der Waals surface area (Å²) in [5.74, 6) is 0.525. The second-order valence-electron chi connectivity index (χ2n) is 3.95. The summed E-state index contributed by atoms with van der Waals surface area (Å²) in [5.41, 5.74) is 8.94. The van der Waals surface area contributed by atoms with E-state index in [1.165, 1.54) is 5.56 Å². The molecule has 0 aliphatic rings. The highest BCUT2D eigenvalue weighted by Crippen LogP contribution is 2.13. The van der Waals surface area contributed by atoms with Crippen LogP contribution in [0.4, 0.5) is 11.5 Å². The highest BCUT2D eigenvalue weighted by atomic mass is 15.3. The Bertz CT molecular complexity index is 503. The van der Waals surface area contributed by atoms with Gasteiger partial charge in [0.1, 0.15) is 5.82 Å². The van der Waals surface area contributed by atoms with Crippen molar-refractivity contribution in [1.29, 1.82) is 0 Å². The fourth-order valence-electron chi connectivity index (χ4n) is 1.78. The van der Waals surface area contributed by atoms with Gasteiger partial charge in [-0.05, 0) is 12.5 Å². The van der Waals surface area contributed by atoms with Crippen molar-refractivity contribution in [2.24, 2.45) is 7.05 Å². The van der Waals surface area contributed by atoms with Crippen molar-refractivity contribution in [1.82, 2.24) is 14.8 Å². The molecular weight excluding hydrogens is 214 g/mol. The minimum atomic E-state index is 0.525. The summed E-state index contributed by atoms with van der Waals surface area (Å²) in [7, 11) is 1.94. The summed E-state index contributed by atoms with van der Waals surface area (Å²) in [6, 6.07) is 3.72. The molecule has 0 spiro atoms. The topological polar surface area (TPSA) is 68.8 Å². The first-order chi connectivity index (χ1) is 8.19. The van der Waals surface area contributed by atoms with E-state index in [4.69, 9.17) is 5.73 Å². The van der Waals surface area contributed by atoms with Crippen molar-refractivity contribution in [3.63, 3.8) is 0 Å². The number of hydrogen-bond donors (Lipinski definition) is 2. The van der Waals surface area contributed by atoms with Crippen molar-refractivity contribution in [3.05, 3.63) is 35.8 Å². The average molecular weight is 231 g/mol. The second-order valence-corrected chi connectivity index (χ2v) is 3.95. The zero-order valence-corrected chi connectivity index (χ0v) is 10.1. The number of anilines is 2. The molecule has 3 N–H and O–H groups in total. The van der Waals surface area contributed by atoms with Crippen LogP contribution in [0, 0.1) is 0 Å². The predicted octanol–water partition coefficient (Wildman–Crippen LogP) is 1.57. The predicted molar refractivity (Wildman–Crippen MR) is 68.6 cm³/mol. The average Bonchev–Trinajstić information content (AvgIpc) is 2.67. The molecule has 5 heteroatoms. The molecular formula is C12H17N5. The Labute approximate surface area is 101 Å². The zero-order chi connectivity index (χ0) is 12.3. The van der Waals surface area contributed by atoms with Gasteiger partial charge < -0.3 is 11.1 Å². The van der Waals surface area contributed by atoms with Gasteiger partial charge in [-0.15, -0.1) is 0 Å². The zero-order valence-electron chi connectivity index (χ0n) is 10.1. The Hall–Kier alpha value is -2.04. The number of rotatable bonds is 4. The highest BCUT2D eigenvalue weighted by Gasteiger charge is 2.05. The summed E-state index contributed by atoms with van der Waals surface area (Å²) in [6.45, 7) is 2.86. The van der Waals surface area contributed by atoms with Crippen LogP contribution in [-0.2, 0) is 20.0 Å². The van der Waals surface area contributed by atoms with Crippen molar-refractivity contribution in [3.8, 4) is 0 Å². The fourth-order valence-corrected chi connectivity index (χ4v) is 1.78. The van der Waals surface area contributed by atoms with Gasteiger partial charge in [-0.3, -0.25) is 4.68 Å². The molecule has 17 heavy (non-hydrogen) atoms. The van der Waals surface area contributed by atoms with E-state index in [2.05, 4.69) is 22.3 Å². The lowest BCUT2D eigenvalue weighted by Crippen LogP contribution is -2.02. The van der Waals surface area contributed by atoms with E-state index < -0.39 is 0 Å². The molecule has 5 nitrogen and oxygen atoms in total. The first-order valence-electron chi connectivity index (χ1n) is 5.66. The maximum Gasteiger partial charge on any atom is 0.125 e. The smallest absolute Gasteiger partial charge is 0.125 e. The van der Waals surface area contributed by atoms with Gasteiger partial charge in [0.2, 0.25) is 0 Å². The molecule has 0 saturated heterocycles. The quantitative estimate of drug-likeness (QED) is 0.838. The molecule has 0 fully saturated rings. The molecule has 2 rings (SSSR count). The first-order valence-corrected chi connectivity index (χ1v) is 5.66. The molecule has 0 saturated carbocycles. The molecule has 0 atom stereocenters. The molecule has 2 aromatic rings. The lowest BCUT2D eigenvalue weighted by Gasteiger charge is -2.06. The molecule has 90 valence electrons. The minimum Gasteiger partial charge on any atom is -0.384 e. The van der Waals surface area contributed by atoms with Gasteiger partial charge in [-0.1, -0.05) is 6.92 Å². The van der Waals surface area contributed by atoms with Crippen LogP contribution < -0.4 is 11.1 Å². The fraction of sp³-hybridized carbons (Fsp3) is 0.333. The third-order valence-electron chi connectivity index (χ3n) is 2.59. The first kappa shape index (κ1) is 11.4. The van der Waals surface area contributed by atoms with Crippen LogP contribution in [0.2, 0.25) is 0 Å². The maximum atomic E-state index is 5.62. The van der Waals surface area contributed by atoms with Crippen LogP contribution in [-0.4, -0.2) is 14.8 Å². The van der Waals surface area contributed by atoms with E-state index >= 15 is 0 Å². The number of nitrogens with zero attached hydrogens (tertiary/aromatic N) is 3. The van der Waals surface area contributed by atoms with E-state index in [-0.39, 0.29) is 0 Å². The monoisotopic (exact) mass is 231 g/mol. The number of aromatic nitrogens is 3. The molecule has 0 aromatic carbocycles. The largest absolute Gasteiger partial charge is 0.384 e. The van der Waals surface area contributed by atoms with E-state index in [1.807, 2.05) is 30.1 Å². The van der Waals surface area contributed by atoms with Gasteiger partial charge in [-0.2, -0.15) is 5.10 Å². The summed E-state index contributed by atoms with van der Waals surface area (Å²) >= 11 is 0. The second kappa shape index (κ2) is 4.86. The minimum absolute atomic E-state index is 0.525. The van der Waals surface area contributed by atoms with Gasteiger partial charge in [0.25, 0.3) is 0 Å². The molecule has 0 aliphatic carbocycles. The highest BCUT2D eigenvalue weighted by molar-refractivity contribution is 5.50. The SMILES string of the molecule is CCc1nn(C)cc1CNc1ccnc(N)c1. The van der Waals surface area contributed by atoms with Crippen LogP contribution in [0.15, 0.2) is 24.5 Å². The number of aryl methyl sites for hydroxylation is 2. The molecule has 0 bridgehead atoms. The van der Waals surface area contributed by atoms with Crippen molar-refractivity contribution in [2.45, 2.75) is 19.9 Å². The molecule has 0 radical (unpaired) electrons. The lowest BCUT2D eigenvalue weighted by molar-refractivity contribution is 0.746. The summed E-state index contributed by atoms with van der Waals surface area (Å²) in [6.07, 6.45) is 4.67. The van der Waals surface area contributed by atoms with Gasteiger partial charge in [0.15, 0.2) is 0 Å². The molecule has 2 heterocycles. The van der Waals surface area contributed by atoms with E-state index in [9.17, 15) is 0 Å². The number of pyridine rings is 1. The van der Waals surface area contributed by atoms with Crippen LogP contribution in [0.3, 0.4) is 0 Å². The van der Waals surface area contributed by atoms with E-state index in [0.717, 1.165) is 24.3 Å². The van der Waals surface area contributed by atoms with E-state index in [0.29, 0.717) is 5.82 Å². The third kappa shape index (κ3) is 2.75. The molecule has 0 amide bonds. The Morgan fingerprint density at radius 2 is 2.29 bits per heavy atom. The molecule has 0 aliphatic heterocycles. The van der Waals surface area contributed by atoms with Crippen LogP contribution in [0.5, 0.6) is 0 Å². The Morgan fingerprint density at radius 3 is 3.00 bits per heavy atom. The van der Waals surface area contributed by atoms with Crippen LogP contribution in [0.25, 0.3) is 0 Å². The van der Waals surface area contributed by atoms with Gasteiger partial charge in [0.05, 0.1) is 5.69 Å². The number of nitrogen functional groups attached to an aromatic ring is 1. The van der Waals surface area contributed by atoms with Crippen LogP contribution in [0.1, 0.15) is 18.2 Å².